The molecule has 2 aliphatic rings. The highest BCUT2D eigenvalue weighted by atomic mass is 16.5. The van der Waals surface area contributed by atoms with Crippen LogP contribution in [0, 0.1) is 11.3 Å². The molecule has 3 heterocycles. The fourth-order valence-electron chi connectivity index (χ4n) is 4.30. The van der Waals surface area contributed by atoms with E-state index in [1.54, 1.807) is 6.33 Å². The molecule has 1 aromatic heterocycles. The van der Waals surface area contributed by atoms with E-state index in [2.05, 4.69) is 45.0 Å². The van der Waals surface area contributed by atoms with Crippen molar-refractivity contribution in [1.82, 2.24) is 24.6 Å². The molecule has 0 atom stereocenters. The van der Waals surface area contributed by atoms with Crippen molar-refractivity contribution in [3.05, 3.63) is 47.5 Å². The van der Waals surface area contributed by atoms with Gasteiger partial charge in [-0.15, -0.1) is 0 Å². The van der Waals surface area contributed by atoms with Gasteiger partial charge >= 0.3 is 0 Å². The third-order valence-electron chi connectivity index (χ3n) is 5.94. The number of hydrogen-bond acceptors (Lipinski definition) is 6. The molecule has 2 aromatic rings. The molecule has 2 saturated heterocycles. The average molecular weight is 380 g/mol. The number of piperidine rings is 1. The van der Waals surface area contributed by atoms with Gasteiger partial charge in [-0.25, -0.2) is 9.67 Å². The first kappa shape index (κ1) is 19.1. The van der Waals surface area contributed by atoms with Crippen molar-refractivity contribution in [2.24, 2.45) is 0 Å². The summed E-state index contributed by atoms with van der Waals surface area (Å²) in [5.74, 6) is 1.05. The summed E-state index contributed by atoms with van der Waals surface area (Å²) in [6.45, 7) is 9.53. The lowest BCUT2D eigenvalue weighted by Gasteiger charge is -2.47. The van der Waals surface area contributed by atoms with E-state index in [-0.39, 0.29) is 5.60 Å². The summed E-state index contributed by atoms with van der Waals surface area (Å²) in [6.07, 6.45) is 3.75. The van der Waals surface area contributed by atoms with Crippen molar-refractivity contribution < 1.29 is 4.74 Å². The smallest absolute Gasteiger partial charge is 0.140 e. The molecule has 1 aromatic carbocycles. The van der Waals surface area contributed by atoms with Crippen molar-refractivity contribution in [2.45, 2.75) is 45.0 Å². The Morgan fingerprint density at radius 1 is 1.11 bits per heavy atom. The molecule has 2 fully saturated rings. The van der Waals surface area contributed by atoms with E-state index >= 15 is 0 Å². The summed E-state index contributed by atoms with van der Waals surface area (Å²) in [7, 11) is 0. The molecule has 0 amide bonds. The van der Waals surface area contributed by atoms with E-state index in [4.69, 9.17) is 10.00 Å². The first-order chi connectivity index (χ1) is 13.7. The van der Waals surface area contributed by atoms with Crippen molar-refractivity contribution >= 4 is 0 Å². The van der Waals surface area contributed by atoms with E-state index in [0.29, 0.717) is 5.56 Å². The van der Waals surface area contributed by atoms with Crippen LogP contribution in [-0.2, 0) is 24.4 Å². The van der Waals surface area contributed by atoms with Crippen LogP contribution in [0.15, 0.2) is 30.6 Å². The zero-order valence-corrected chi connectivity index (χ0v) is 16.5. The molecule has 7 heteroatoms. The molecule has 0 saturated carbocycles. The van der Waals surface area contributed by atoms with Crippen LogP contribution in [0.4, 0.5) is 0 Å². The molecule has 4 rings (SSSR count). The van der Waals surface area contributed by atoms with Gasteiger partial charge in [0.05, 0.1) is 30.4 Å². The van der Waals surface area contributed by atoms with Gasteiger partial charge in [-0.3, -0.25) is 9.80 Å². The molecule has 0 bridgehead atoms. The normalized spacial score (nSPS) is 20.3. The molecule has 148 valence electrons. The van der Waals surface area contributed by atoms with Gasteiger partial charge < -0.3 is 4.74 Å². The number of benzene rings is 1. The van der Waals surface area contributed by atoms with Crippen LogP contribution < -0.4 is 0 Å². The fourth-order valence-corrected chi connectivity index (χ4v) is 4.30. The molecule has 0 N–H and O–H groups in total. The van der Waals surface area contributed by atoms with Crippen LogP contribution in [0.2, 0.25) is 0 Å². The fraction of sp³-hybridized carbons (Fsp3) is 0.571. The Labute approximate surface area is 166 Å². The zero-order chi connectivity index (χ0) is 19.4. The second kappa shape index (κ2) is 8.39. The zero-order valence-electron chi connectivity index (χ0n) is 16.5. The minimum Gasteiger partial charge on any atom is -0.372 e. The highest BCUT2D eigenvalue weighted by Crippen LogP contribution is 2.31. The summed E-state index contributed by atoms with van der Waals surface area (Å²) >= 11 is 0. The van der Waals surface area contributed by atoms with Crippen LogP contribution >= 0.6 is 0 Å². The highest BCUT2D eigenvalue weighted by Gasteiger charge is 2.39. The first-order valence-corrected chi connectivity index (χ1v) is 10.1. The lowest BCUT2D eigenvalue weighted by molar-refractivity contribution is -0.138. The second-order valence-corrected chi connectivity index (χ2v) is 7.82. The lowest BCUT2D eigenvalue weighted by Crippen LogP contribution is -2.56. The van der Waals surface area contributed by atoms with Gasteiger partial charge in [0.1, 0.15) is 12.2 Å². The quantitative estimate of drug-likeness (QED) is 0.791. The number of rotatable bonds is 5. The Balaban J connectivity index is 1.32. The molecule has 0 aliphatic carbocycles. The molecule has 0 unspecified atom stereocenters. The Kier molecular flexibility index (Phi) is 5.72. The number of aryl methyl sites for hydroxylation is 1. The predicted octanol–water partition coefficient (Wildman–Crippen LogP) is 2.04. The Morgan fingerprint density at radius 3 is 2.61 bits per heavy atom. The van der Waals surface area contributed by atoms with Gasteiger partial charge in [-0.05, 0) is 37.5 Å². The Bertz CT molecular complexity index is 816. The summed E-state index contributed by atoms with van der Waals surface area (Å²) in [5, 5.41) is 13.2. The van der Waals surface area contributed by atoms with E-state index in [1.165, 1.54) is 5.56 Å². The molecular weight excluding hydrogens is 352 g/mol. The summed E-state index contributed by atoms with van der Waals surface area (Å²) in [6, 6.07) is 10.1. The van der Waals surface area contributed by atoms with E-state index < -0.39 is 0 Å². The van der Waals surface area contributed by atoms with Gasteiger partial charge in [0, 0.05) is 39.3 Å². The van der Waals surface area contributed by atoms with Crippen LogP contribution in [0.5, 0.6) is 0 Å². The monoisotopic (exact) mass is 380 g/mol. The molecule has 0 radical (unpaired) electrons. The Hall–Kier alpha value is -2.27. The van der Waals surface area contributed by atoms with Crippen molar-refractivity contribution in [3.63, 3.8) is 0 Å². The number of nitriles is 1. The third-order valence-corrected chi connectivity index (χ3v) is 5.94. The number of morpholine rings is 1. The lowest BCUT2D eigenvalue weighted by atomic mass is 9.89. The second-order valence-electron chi connectivity index (χ2n) is 7.82. The number of hydrogen-bond donors (Lipinski definition) is 0. The van der Waals surface area contributed by atoms with Crippen LogP contribution in [-0.4, -0.2) is 63.0 Å². The number of aromatic nitrogens is 3. The van der Waals surface area contributed by atoms with Crippen LogP contribution in [0.25, 0.3) is 0 Å². The van der Waals surface area contributed by atoms with Gasteiger partial charge in [0.25, 0.3) is 0 Å². The molecular formula is C21H28N6O. The molecule has 1 spiro atoms. The summed E-state index contributed by atoms with van der Waals surface area (Å²) in [4.78, 5) is 9.36. The molecule has 28 heavy (non-hydrogen) atoms. The van der Waals surface area contributed by atoms with Crippen LogP contribution in [0.1, 0.15) is 36.7 Å². The topological polar surface area (TPSA) is 70.2 Å². The van der Waals surface area contributed by atoms with Crippen molar-refractivity contribution in [2.75, 3.05) is 32.8 Å². The number of nitrogens with zero attached hydrogens (tertiary/aromatic N) is 6. The maximum atomic E-state index is 8.96. The van der Waals surface area contributed by atoms with Gasteiger partial charge in [0.2, 0.25) is 0 Å². The summed E-state index contributed by atoms with van der Waals surface area (Å²) < 4.78 is 8.27. The number of ether oxygens (including phenoxy) is 1. The maximum absolute atomic E-state index is 8.96. The van der Waals surface area contributed by atoms with Crippen molar-refractivity contribution in [3.8, 4) is 6.07 Å². The Morgan fingerprint density at radius 2 is 1.89 bits per heavy atom. The minimum atomic E-state index is -0.0280. The number of likely N-dealkylation sites (tertiary alicyclic amines) is 1. The minimum absolute atomic E-state index is 0.0280. The van der Waals surface area contributed by atoms with Crippen LogP contribution in [0.3, 0.4) is 0 Å². The largest absolute Gasteiger partial charge is 0.372 e. The van der Waals surface area contributed by atoms with E-state index in [0.717, 1.165) is 71.1 Å². The average Bonchev–Trinajstić information content (AvgIpc) is 3.18. The van der Waals surface area contributed by atoms with E-state index in [9.17, 15) is 0 Å². The SMILES string of the molecule is CCn1ncnc1CN1CCC2(CC1)CN(Cc1ccc(C#N)cc1)CCO2. The highest BCUT2D eigenvalue weighted by molar-refractivity contribution is 5.31. The molecule has 2 aliphatic heterocycles. The van der Waals surface area contributed by atoms with Crippen molar-refractivity contribution in [1.29, 1.82) is 5.26 Å². The predicted molar refractivity (Wildman–Crippen MR) is 105 cm³/mol. The first-order valence-electron chi connectivity index (χ1n) is 10.1. The van der Waals surface area contributed by atoms with E-state index in [1.807, 2.05) is 16.8 Å². The maximum Gasteiger partial charge on any atom is 0.140 e. The third kappa shape index (κ3) is 4.25. The molecule has 7 nitrogen and oxygen atoms in total. The van der Waals surface area contributed by atoms with Gasteiger partial charge in [0.15, 0.2) is 0 Å². The van der Waals surface area contributed by atoms with Gasteiger partial charge in [-0.1, -0.05) is 12.1 Å². The standard InChI is InChI=1S/C21H28N6O/c1-2-27-20(23-17-24-27)15-25-9-7-21(8-10-25)16-26(11-12-28-21)14-19-5-3-18(13-22)4-6-19/h3-6,17H,2,7-12,14-16H2,1H3. The van der Waals surface area contributed by atoms with Gasteiger partial charge in [-0.2, -0.15) is 10.4 Å². The summed E-state index contributed by atoms with van der Waals surface area (Å²) in [5.41, 5.74) is 1.95.